The van der Waals surface area contributed by atoms with Gasteiger partial charge in [-0.15, -0.1) is 0 Å². The summed E-state index contributed by atoms with van der Waals surface area (Å²) >= 11 is 0. The van der Waals surface area contributed by atoms with Crippen LogP contribution in [0, 0.1) is 5.92 Å². The van der Waals surface area contributed by atoms with Crippen LogP contribution >= 0.6 is 0 Å². The van der Waals surface area contributed by atoms with E-state index in [9.17, 15) is 4.79 Å². The molecule has 0 aromatic carbocycles. The number of fused-ring (bicyclic) bond motifs is 1. The average Bonchev–Trinajstić information content (AvgIpc) is 3.14. The molecule has 23 heavy (non-hydrogen) atoms. The molecular weight excluding hydrogens is 292 g/mol. The maximum absolute atomic E-state index is 12.8. The van der Waals surface area contributed by atoms with Crippen molar-refractivity contribution in [3.8, 4) is 0 Å². The van der Waals surface area contributed by atoms with E-state index in [0.717, 1.165) is 42.9 Å². The number of hydrogen-bond donors (Lipinski definition) is 0. The minimum Gasteiger partial charge on any atom is -0.467 e. The lowest BCUT2D eigenvalue weighted by Crippen LogP contribution is -2.31. The van der Waals surface area contributed by atoms with E-state index < -0.39 is 0 Å². The lowest BCUT2D eigenvalue weighted by molar-refractivity contribution is 0.0773. The Morgan fingerprint density at radius 3 is 2.96 bits per heavy atom. The van der Waals surface area contributed by atoms with Crippen LogP contribution in [0.3, 0.4) is 0 Å². The maximum Gasteiger partial charge on any atom is 0.257 e. The zero-order chi connectivity index (χ0) is 16.4. The summed E-state index contributed by atoms with van der Waals surface area (Å²) in [5.74, 6) is 1.37. The third-order valence-electron chi connectivity index (χ3n) is 4.35. The zero-order valence-corrected chi connectivity index (χ0v) is 14.0. The molecule has 0 saturated carbocycles. The predicted molar refractivity (Wildman–Crippen MR) is 87.1 cm³/mol. The van der Waals surface area contributed by atoms with Gasteiger partial charge in [-0.2, -0.15) is 5.10 Å². The first-order valence-corrected chi connectivity index (χ1v) is 8.02. The Labute approximate surface area is 136 Å². The van der Waals surface area contributed by atoms with Gasteiger partial charge in [-0.3, -0.25) is 9.48 Å². The van der Waals surface area contributed by atoms with Crippen LogP contribution in [0.5, 0.6) is 0 Å². The number of nitrogens with zero attached hydrogens (tertiary/aromatic N) is 4. The fraction of sp³-hybridized carbons (Fsp3) is 0.529. The molecule has 3 heterocycles. The van der Waals surface area contributed by atoms with Gasteiger partial charge in [0.05, 0.1) is 30.3 Å². The van der Waals surface area contributed by atoms with E-state index in [2.05, 4.69) is 24.1 Å². The Balaban J connectivity index is 1.74. The van der Waals surface area contributed by atoms with Crippen molar-refractivity contribution in [2.45, 2.75) is 25.9 Å². The van der Waals surface area contributed by atoms with Gasteiger partial charge in [-0.05, 0) is 45.0 Å². The standard InChI is InChI=1S/C17H24N4O2/c1-19(2)11-13-6-7-21-16(9-13)15(10-18-21)17(22)20(3)12-14-5-4-8-23-14/h4-5,8,10,13H,6-7,9,11-12H2,1-3H3. The molecule has 0 aliphatic carbocycles. The summed E-state index contributed by atoms with van der Waals surface area (Å²) in [5, 5.41) is 4.40. The fourth-order valence-electron chi connectivity index (χ4n) is 3.26. The van der Waals surface area contributed by atoms with Crippen molar-refractivity contribution in [3.63, 3.8) is 0 Å². The number of aromatic nitrogens is 2. The van der Waals surface area contributed by atoms with Gasteiger partial charge in [0.1, 0.15) is 5.76 Å². The molecule has 0 fully saturated rings. The van der Waals surface area contributed by atoms with Crippen molar-refractivity contribution in [1.29, 1.82) is 0 Å². The monoisotopic (exact) mass is 316 g/mol. The highest BCUT2D eigenvalue weighted by molar-refractivity contribution is 5.95. The SMILES string of the molecule is CN(C)CC1CCn2ncc(C(=O)N(C)Cc3ccco3)c2C1. The van der Waals surface area contributed by atoms with Gasteiger partial charge in [-0.1, -0.05) is 0 Å². The Kier molecular flexibility index (Phi) is 4.52. The molecule has 2 aromatic rings. The molecule has 2 aromatic heterocycles. The Morgan fingerprint density at radius 2 is 2.26 bits per heavy atom. The van der Waals surface area contributed by atoms with Crippen LogP contribution in [0.1, 0.15) is 28.2 Å². The minimum atomic E-state index is 0.00755. The molecule has 6 nitrogen and oxygen atoms in total. The second kappa shape index (κ2) is 6.58. The number of carbonyl (C=O) groups excluding carboxylic acids is 1. The Bertz CT molecular complexity index is 660. The molecule has 1 aliphatic heterocycles. The molecule has 6 heteroatoms. The average molecular weight is 316 g/mol. The van der Waals surface area contributed by atoms with Gasteiger partial charge < -0.3 is 14.2 Å². The van der Waals surface area contributed by atoms with Crippen LogP contribution in [0.15, 0.2) is 29.0 Å². The van der Waals surface area contributed by atoms with E-state index >= 15 is 0 Å². The highest BCUT2D eigenvalue weighted by Crippen LogP contribution is 2.24. The van der Waals surface area contributed by atoms with Crippen molar-refractivity contribution in [1.82, 2.24) is 19.6 Å². The second-order valence-corrected chi connectivity index (χ2v) is 6.59. The Hall–Kier alpha value is -2.08. The highest BCUT2D eigenvalue weighted by Gasteiger charge is 2.27. The number of aryl methyl sites for hydroxylation is 1. The molecule has 0 bridgehead atoms. The van der Waals surface area contributed by atoms with Gasteiger partial charge in [0.2, 0.25) is 0 Å². The normalized spacial score (nSPS) is 17.3. The van der Waals surface area contributed by atoms with E-state index in [0.29, 0.717) is 12.5 Å². The van der Waals surface area contributed by atoms with Crippen molar-refractivity contribution in [2.75, 3.05) is 27.7 Å². The summed E-state index contributed by atoms with van der Waals surface area (Å²) in [7, 11) is 5.99. The summed E-state index contributed by atoms with van der Waals surface area (Å²) in [6, 6.07) is 3.71. The van der Waals surface area contributed by atoms with Gasteiger partial charge in [0, 0.05) is 20.1 Å². The first-order chi connectivity index (χ1) is 11.0. The van der Waals surface area contributed by atoms with Gasteiger partial charge in [0.25, 0.3) is 5.91 Å². The third kappa shape index (κ3) is 3.47. The first-order valence-electron chi connectivity index (χ1n) is 8.02. The molecule has 0 radical (unpaired) electrons. The van der Waals surface area contributed by atoms with Crippen molar-refractivity contribution in [3.05, 3.63) is 41.6 Å². The molecule has 124 valence electrons. The van der Waals surface area contributed by atoms with Gasteiger partial charge in [-0.25, -0.2) is 0 Å². The van der Waals surface area contributed by atoms with Crippen molar-refractivity contribution in [2.24, 2.45) is 5.92 Å². The van der Waals surface area contributed by atoms with E-state index in [1.165, 1.54) is 0 Å². The zero-order valence-electron chi connectivity index (χ0n) is 14.0. The van der Waals surface area contributed by atoms with Crippen molar-refractivity contribution < 1.29 is 9.21 Å². The molecule has 1 unspecified atom stereocenters. The van der Waals surface area contributed by atoms with Crippen LogP contribution in [0.2, 0.25) is 0 Å². The van der Waals surface area contributed by atoms with Crippen LogP contribution in [0.25, 0.3) is 0 Å². The summed E-state index contributed by atoms with van der Waals surface area (Å²) in [5.41, 5.74) is 1.79. The van der Waals surface area contributed by atoms with Crippen LogP contribution in [0.4, 0.5) is 0 Å². The lowest BCUT2D eigenvalue weighted by atomic mass is 9.94. The summed E-state index contributed by atoms with van der Waals surface area (Å²) in [6.07, 6.45) is 5.37. The van der Waals surface area contributed by atoms with E-state index in [-0.39, 0.29) is 5.91 Å². The summed E-state index contributed by atoms with van der Waals surface area (Å²) in [6.45, 7) is 2.40. The van der Waals surface area contributed by atoms with Gasteiger partial charge >= 0.3 is 0 Å². The summed E-state index contributed by atoms with van der Waals surface area (Å²) < 4.78 is 7.31. The van der Waals surface area contributed by atoms with Crippen molar-refractivity contribution >= 4 is 5.91 Å². The lowest BCUT2D eigenvalue weighted by Gasteiger charge is -2.27. The molecule has 1 aliphatic rings. The van der Waals surface area contributed by atoms with Crippen LogP contribution in [-0.2, 0) is 19.5 Å². The number of furan rings is 1. The Morgan fingerprint density at radius 1 is 1.43 bits per heavy atom. The van der Waals surface area contributed by atoms with E-state index in [1.54, 1.807) is 24.4 Å². The first kappa shape index (κ1) is 15.8. The third-order valence-corrected chi connectivity index (χ3v) is 4.35. The minimum absolute atomic E-state index is 0.00755. The second-order valence-electron chi connectivity index (χ2n) is 6.59. The maximum atomic E-state index is 12.8. The number of carbonyl (C=O) groups is 1. The molecule has 3 rings (SSSR count). The highest BCUT2D eigenvalue weighted by atomic mass is 16.3. The smallest absolute Gasteiger partial charge is 0.257 e. The number of hydrogen-bond acceptors (Lipinski definition) is 4. The molecule has 0 spiro atoms. The van der Waals surface area contributed by atoms with Crippen LogP contribution < -0.4 is 0 Å². The van der Waals surface area contributed by atoms with Crippen LogP contribution in [-0.4, -0.2) is 53.2 Å². The molecule has 1 amide bonds. The number of amides is 1. The largest absolute Gasteiger partial charge is 0.467 e. The fourth-order valence-corrected chi connectivity index (χ4v) is 3.26. The molecule has 1 atom stereocenters. The molecule has 0 N–H and O–H groups in total. The van der Waals surface area contributed by atoms with E-state index in [1.807, 2.05) is 16.8 Å². The quantitative estimate of drug-likeness (QED) is 0.845. The molecule has 0 saturated heterocycles. The summed E-state index contributed by atoms with van der Waals surface area (Å²) in [4.78, 5) is 16.6. The van der Waals surface area contributed by atoms with Gasteiger partial charge in [0.15, 0.2) is 0 Å². The topological polar surface area (TPSA) is 54.5 Å². The predicted octanol–water partition coefficient (Wildman–Crippen LogP) is 1.87. The molecular formula is C17H24N4O2. The van der Waals surface area contributed by atoms with E-state index in [4.69, 9.17) is 4.42 Å². The number of rotatable bonds is 5.